The second-order valence-corrected chi connectivity index (χ2v) is 10.3. The van der Waals surface area contributed by atoms with Crippen LogP contribution in [0.15, 0.2) is 67.1 Å². The quantitative estimate of drug-likeness (QED) is 0.462. The molecule has 190 valence electrons. The Morgan fingerprint density at radius 2 is 1.43 bits per heavy atom. The second-order valence-electron chi connectivity index (χ2n) is 10.3. The van der Waals surface area contributed by atoms with Gasteiger partial charge in [-0.1, -0.05) is 24.3 Å². The van der Waals surface area contributed by atoms with E-state index in [0.717, 1.165) is 54.3 Å². The van der Waals surface area contributed by atoms with Gasteiger partial charge in [0, 0.05) is 67.2 Å². The minimum absolute atomic E-state index is 0.0700. The number of nitrogens with zero attached hydrogens (tertiary/aromatic N) is 5. The summed E-state index contributed by atoms with van der Waals surface area (Å²) in [6.45, 7) is 9.89. The lowest BCUT2D eigenvalue weighted by atomic mass is 10.0. The lowest BCUT2D eigenvalue weighted by Crippen LogP contribution is -2.54. The average molecular weight is 497 g/mol. The number of hydrogen-bond acceptors (Lipinski definition) is 5. The number of aromatic nitrogens is 3. The highest BCUT2D eigenvalue weighted by Gasteiger charge is 2.28. The molecule has 37 heavy (non-hydrogen) atoms. The number of imidazole rings is 1. The fraction of sp³-hybridized carbons (Fsp3) is 0.310. The highest BCUT2D eigenvalue weighted by Crippen LogP contribution is 2.25. The molecule has 1 fully saturated rings. The van der Waals surface area contributed by atoms with E-state index < -0.39 is 0 Å². The Balaban J connectivity index is 1.34. The van der Waals surface area contributed by atoms with E-state index in [0.29, 0.717) is 11.1 Å². The van der Waals surface area contributed by atoms with Crippen molar-refractivity contribution in [2.45, 2.75) is 26.3 Å². The number of nitrogens with one attached hydrogen (secondary N) is 1. The zero-order valence-corrected chi connectivity index (χ0v) is 21.7. The summed E-state index contributed by atoms with van der Waals surface area (Å²) in [6, 6.07) is 15.1. The second kappa shape index (κ2) is 9.78. The summed E-state index contributed by atoms with van der Waals surface area (Å²) in [5, 5.41) is 2.64. The zero-order chi connectivity index (χ0) is 26.2. The van der Waals surface area contributed by atoms with Gasteiger partial charge in [-0.15, -0.1) is 0 Å². The number of rotatable bonds is 4. The van der Waals surface area contributed by atoms with E-state index in [1.807, 2.05) is 51.9 Å². The molecule has 1 saturated heterocycles. The van der Waals surface area contributed by atoms with Crippen molar-refractivity contribution in [3.63, 3.8) is 0 Å². The van der Waals surface area contributed by atoms with Gasteiger partial charge in [0.15, 0.2) is 5.65 Å². The molecule has 0 atom stereocenters. The normalized spacial score (nSPS) is 14.6. The standard InChI is InChI=1S/C29H32N6O2/c1-29(2,3)34-15-13-33(14-16-34)28(37)23-11-5-20(6-12-23)24-19-35-25(17-32-26(35)18-31-24)21-7-9-22(10-8-21)27(36)30-4/h5-12,17-19H,13-16H2,1-4H3,(H,30,36). The van der Waals surface area contributed by atoms with E-state index in [9.17, 15) is 9.59 Å². The summed E-state index contributed by atoms with van der Waals surface area (Å²) in [4.78, 5) is 38.4. The first-order valence-electron chi connectivity index (χ1n) is 12.5. The lowest BCUT2D eigenvalue weighted by Gasteiger charge is -2.42. The number of fused-ring (bicyclic) bond motifs is 1. The van der Waals surface area contributed by atoms with Crippen molar-refractivity contribution in [2.24, 2.45) is 0 Å². The molecule has 0 saturated carbocycles. The fourth-order valence-corrected chi connectivity index (χ4v) is 4.74. The third-order valence-corrected chi connectivity index (χ3v) is 7.01. The van der Waals surface area contributed by atoms with E-state index in [-0.39, 0.29) is 17.4 Å². The maximum Gasteiger partial charge on any atom is 0.253 e. The van der Waals surface area contributed by atoms with E-state index in [1.165, 1.54) is 0 Å². The molecular weight excluding hydrogens is 464 g/mol. The van der Waals surface area contributed by atoms with Crippen molar-refractivity contribution < 1.29 is 9.59 Å². The Morgan fingerprint density at radius 1 is 0.811 bits per heavy atom. The van der Waals surface area contributed by atoms with E-state index in [1.54, 1.807) is 31.6 Å². The van der Waals surface area contributed by atoms with Crippen molar-refractivity contribution in [3.05, 3.63) is 78.2 Å². The number of hydrogen-bond donors (Lipinski definition) is 1. The summed E-state index contributed by atoms with van der Waals surface area (Å²) in [7, 11) is 1.62. The predicted molar refractivity (Wildman–Crippen MR) is 144 cm³/mol. The van der Waals surface area contributed by atoms with Gasteiger partial charge in [-0.2, -0.15) is 0 Å². The van der Waals surface area contributed by atoms with Gasteiger partial charge < -0.3 is 10.2 Å². The summed E-state index contributed by atoms with van der Waals surface area (Å²) < 4.78 is 1.99. The van der Waals surface area contributed by atoms with Crippen LogP contribution < -0.4 is 5.32 Å². The minimum Gasteiger partial charge on any atom is -0.355 e. The molecule has 5 rings (SSSR count). The molecule has 0 aliphatic carbocycles. The number of carbonyl (C=O) groups excluding carboxylic acids is 2. The molecule has 8 heteroatoms. The minimum atomic E-state index is -0.120. The van der Waals surface area contributed by atoms with Crippen LogP contribution in [0.5, 0.6) is 0 Å². The van der Waals surface area contributed by atoms with Crippen LogP contribution in [-0.4, -0.2) is 74.7 Å². The smallest absolute Gasteiger partial charge is 0.253 e. The molecule has 8 nitrogen and oxygen atoms in total. The highest BCUT2D eigenvalue weighted by atomic mass is 16.2. The molecule has 0 radical (unpaired) electrons. The van der Waals surface area contributed by atoms with Crippen LogP contribution in [0.1, 0.15) is 41.5 Å². The molecule has 2 amide bonds. The molecule has 0 unspecified atom stereocenters. The van der Waals surface area contributed by atoms with Gasteiger partial charge in [-0.25, -0.2) is 4.98 Å². The topological polar surface area (TPSA) is 82.8 Å². The molecule has 0 spiro atoms. The van der Waals surface area contributed by atoms with Crippen molar-refractivity contribution in [1.82, 2.24) is 29.5 Å². The maximum atomic E-state index is 13.1. The van der Waals surface area contributed by atoms with Gasteiger partial charge in [0.1, 0.15) is 0 Å². The molecule has 1 N–H and O–H groups in total. The van der Waals surface area contributed by atoms with Crippen molar-refractivity contribution >= 4 is 17.5 Å². The Bertz CT molecular complexity index is 1430. The first-order valence-corrected chi connectivity index (χ1v) is 12.5. The van der Waals surface area contributed by atoms with Gasteiger partial charge in [0.2, 0.25) is 0 Å². The molecule has 1 aliphatic rings. The van der Waals surface area contributed by atoms with Crippen LogP contribution in [-0.2, 0) is 0 Å². The molecule has 1 aliphatic heterocycles. The molecule has 2 aromatic heterocycles. The number of piperazine rings is 1. The zero-order valence-electron chi connectivity index (χ0n) is 21.7. The van der Waals surface area contributed by atoms with Crippen LogP contribution in [0.4, 0.5) is 0 Å². The average Bonchev–Trinajstić information content (AvgIpc) is 3.35. The summed E-state index contributed by atoms with van der Waals surface area (Å²) in [5.41, 5.74) is 5.71. The number of carbonyl (C=O) groups is 2. The molecule has 2 aromatic carbocycles. The Hall–Kier alpha value is -4.04. The summed E-state index contributed by atoms with van der Waals surface area (Å²) >= 11 is 0. The van der Waals surface area contributed by atoms with E-state index in [4.69, 9.17) is 0 Å². The van der Waals surface area contributed by atoms with Crippen molar-refractivity contribution in [2.75, 3.05) is 33.2 Å². The van der Waals surface area contributed by atoms with Gasteiger partial charge in [-0.3, -0.25) is 23.9 Å². The van der Waals surface area contributed by atoms with Crippen LogP contribution in [0, 0.1) is 0 Å². The Kier molecular flexibility index (Phi) is 6.52. The molecular formula is C29H32N6O2. The highest BCUT2D eigenvalue weighted by molar-refractivity contribution is 5.95. The van der Waals surface area contributed by atoms with Crippen LogP contribution >= 0.6 is 0 Å². The van der Waals surface area contributed by atoms with Crippen molar-refractivity contribution in [3.8, 4) is 22.5 Å². The Morgan fingerprint density at radius 3 is 2.05 bits per heavy atom. The van der Waals surface area contributed by atoms with Gasteiger partial charge in [0.05, 0.1) is 23.8 Å². The fourth-order valence-electron chi connectivity index (χ4n) is 4.74. The Labute approximate surface area is 217 Å². The predicted octanol–water partition coefficient (Wildman–Crippen LogP) is 3.98. The van der Waals surface area contributed by atoms with Gasteiger partial charge in [-0.05, 0) is 45.0 Å². The summed E-state index contributed by atoms with van der Waals surface area (Å²) in [5.74, 6) is -0.0501. The van der Waals surface area contributed by atoms with E-state index >= 15 is 0 Å². The molecule has 0 bridgehead atoms. The van der Waals surface area contributed by atoms with Crippen molar-refractivity contribution in [1.29, 1.82) is 0 Å². The molecule has 3 heterocycles. The monoisotopic (exact) mass is 496 g/mol. The van der Waals surface area contributed by atoms with E-state index in [2.05, 4.69) is 41.0 Å². The number of benzene rings is 2. The maximum absolute atomic E-state index is 13.1. The van der Waals surface area contributed by atoms with Crippen LogP contribution in [0.25, 0.3) is 28.2 Å². The molecule has 4 aromatic rings. The summed E-state index contributed by atoms with van der Waals surface area (Å²) in [6.07, 6.45) is 5.50. The third-order valence-electron chi connectivity index (χ3n) is 7.01. The largest absolute Gasteiger partial charge is 0.355 e. The van der Waals surface area contributed by atoms with Gasteiger partial charge in [0.25, 0.3) is 11.8 Å². The number of amides is 2. The first-order chi connectivity index (χ1) is 17.7. The van der Waals surface area contributed by atoms with Crippen LogP contribution in [0.3, 0.4) is 0 Å². The lowest BCUT2D eigenvalue weighted by molar-refractivity contribution is 0.0451. The third kappa shape index (κ3) is 4.97. The SMILES string of the molecule is CNC(=O)c1ccc(-c2cnc3cnc(-c4ccc(C(=O)N5CCN(C(C)(C)C)CC5)cc4)cn23)cc1. The van der Waals surface area contributed by atoms with Crippen LogP contribution in [0.2, 0.25) is 0 Å². The first kappa shape index (κ1) is 24.6. The van der Waals surface area contributed by atoms with Gasteiger partial charge >= 0.3 is 0 Å².